The van der Waals surface area contributed by atoms with Crippen LogP contribution in [0, 0.1) is 10.1 Å². The van der Waals surface area contributed by atoms with E-state index in [0.29, 0.717) is 23.7 Å². The van der Waals surface area contributed by atoms with Gasteiger partial charge in [0.25, 0.3) is 0 Å². The van der Waals surface area contributed by atoms with Crippen molar-refractivity contribution in [2.45, 2.75) is 30.8 Å². The molecule has 1 heterocycles. The zero-order chi connectivity index (χ0) is 19.6. The Kier molecular flexibility index (Phi) is 5.69. The summed E-state index contributed by atoms with van der Waals surface area (Å²) in [6.07, 6.45) is 1.04. The van der Waals surface area contributed by atoms with Gasteiger partial charge in [0.2, 0.25) is 10.0 Å². The van der Waals surface area contributed by atoms with Crippen molar-refractivity contribution in [2.75, 3.05) is 13.1 Å². The van der Waals surface area contributed by atoms with Gasteiger partial charge in [-0.3, -0.25) is 10.1 Å². The van der Waals surface area contributed by atoms with Gasteiger partial charge in [-0.15, -0.1) is 0 Å². The van der Waals surface area contributed by atoms with Gasteiger partial charge >= 0.3 is 5.69 Å². The molecule has 0 aliphatic carbocycles. The minimum absolute atomic E-state index is 0.00667. The standard InChI is InChI=1S/C18H19ClN2O5S/c1-13(15-6-2-3-7-16(15)19)26-18-9-8-14(12-17(18)21(22)23)27(24,25)20-10-4-5-11-20/h2-3,6-9,12-13H,4-5,10-11H2,1H3/t13-/m1/s1. The summed E-state index contributed by atoms with van der Waals surface area (Å²) in [6.45, 7) is 2.58. The number of sulfonamides is 1. The molecular formula is C18H19ClN2O5S. The maximum absolute atomic E-state index is 12.7. The van der Waals surface area contributed by atoms with E-state index >= 15 is 0 Å². The van der Waals surface area contributed by atoms with Crippen molar-refractivity contribution in [3.05, 3.63) is 63.2 Å². The van der Waals surface area contributed by atoms with E-state index in [1.165, 1.54) is 16.4 Å². The first-order chi connectivity index (χ1) is 12.8. The summed E-state index contributed by atoms with van der Waals surface area (Å²) in [5, 5.41) is 12.0. The molecule has 0 bridgehead atoms. The molecule has 0 radical (unpaired) electrons. The highest BCUT2D eigenvalue weighted by atomic mass is 35.5. The van der Waals surface area contributed by atoms with Crippen LogP contribution < -0.4 is 4.74 Å². The number of hydrogen-bond acceptors (Lipinski definition) is 5. The number of halogens is 1. The molecule has 7 nitrogen and oxygen atoms in total. The molecule has 9 heteroatoms. The smallest absolute Gasteiger partial charge is 0.312 e. The summed E-state index contributed by atoms with van der Waals surface area (Å²) < 4.78 is 32.4. The van der Waals surface area contributed by atoms with Gasteiger partial charge in [-0.2, -0.15) is 4.31 Å². The van der Waals surface area contributed by atoms with Crippen molar-refractivity contribution < 1.29 is 18.1 Å². The summed E-state index contributed by atoms with van der Waals surface area (Å²) in [7, 11) is -3.75. The van der Waals surface area contributed by atoms with Crippen molar-refractivity contribution >= 4 is 27.3 Å². The van der Waals surface area contributed by atoms with Crippen molar-refractivity contribution in [1.29, 1.82) is 0 Å². The molecule has 0 unspecified atom stereocenters. The van der Waals surface area contributed by atoms with Crippen molar-refractivity contribution in [1.82, 2.24) is 4.31 Å². The molecule has 1 atom stereocenters. The lowest BCUT2D eigenvalue weighted by Crippen LogP contribution is -2.27. The lowest BCUT2D eigenvalue weighted by Gasteiger charge is -2.18. The second kappa shape index (κ2) is 7.84. The van der Waals surface area contributed by atoms with E-state index in [0.717, 1.165) is 18.9 Å². The van der Waals surface area contributed by atoms with Gasteiger partial charge < -0.3 is 4.74 Å². The Morgan fingerprint density at radius 2 is 1.85 bits per heavy atom. The minimum Gasteiger partial charge on any atom is -0.479 e. The monoisotopic (exact) mass is 410 g/mol. The van der Waals surface area contributed by atoms with Gasteiger partial charge in [-0.05, 0) is 38.0 Å². The van der Waals surface area contributed by atoms with Gasteiger partial charge in [0.05, 0.1) is 9.82 Å². The van der Waals surface area contributed by atoms with Gasteiger partial charge in [0.1, 0.15) is 6.10 Å². The number of ether oxygens (including phenoxy) is 1. The molecule has 1 fully saturated rings. The average Bonchev–Trinajstić information content (AvgIpc) is 3.17. The van der Waals surface area contributed by atoms with Crippen molar-refractivity contribution in [3.8, 4) is 5.75 Å². The average molecular weight is 411 g/mol. The Balaban J connectivity index is 1.93. The maximum atomic E-state index is 12.7. The Morgan fingerprint density at radius 1 is 1.19 bits per heavy atom. The van der Waals surface area contributed by atoms with Gasteiger partial charge in [-0.1, -0.05) is 29.8 Å². The van der Waals surface area contributed by atoms with Crippen LogP contribution >= 0.6 is 11.6 Å². The van der Waals surface area contributed by atoms with Crippen LogP contribution in [-0.2, 0) is 10.0 Å². The molecule has 3 rings (SSSR count). The van der Waals surface area contributed by atoms with E-state index in [4.69, 9.17) is 16.3 Å². The zero-order valence-corrected chi connectivity index (χ0v) is 16.2. The number of nitrogens with zero attached hydrogens (tertiary/aromatic N) is 2. The van der Waals surface area contributed by atoms with E-state index < -0.39 is 26.7 Å². The highest BCUT2D eigenvalue weighted by Gasteiger charge is 2.30. The lowest BCUT2D eigenvalue weighted by molar-refractivity contribution is -0.386. The van der Waals surface area contributed by atoms with Crippen LogP contribution in [0.15, 0.2) is 47.4 Å². The molecule has 1 saturated heterocycles. The largest absolute Gasteiger partial charge is 0.479 e. The quantitative estimate of drug-likeness (QED) is 0.526. The van der Waals surface area contributed by atoms with E-state index in [-0.39, 0.29) is 10.6 Å². The minimum atomic E-state index is -3.75. The van der Waals surface area contributed by atoms with Crippen molar-refractivity contribution in [3.63, 3.8) is 0 Å². The Hall–Kier alpha value is -2.16. The Labute approximate surface area is 162 Å². The highest BCUT2D eigenvalue weighted by molar-refractivity contribution is 7.89. The summed E-state index contributed by atoms with van der Waals surface area (Å²) in [4.78, 5) is 10.8. The number of nitro benzene ring substituents is 1. The molecule has 0 amide bonds. The van der Waals surface area contributed by atoms with Crippen LogP contribution in [-0.4, -0.2) is 30.7 Å². The summed E-state index contributed by atoms with van der Waals surface area (Å²) in [5.41, 5.74) is 0.288. The van der Waals surface area contributed by atoms with Gasteiger partial charge in [0.15, 0.2) is 5.75 Å². The predicted molar refractivity (Wildman–Crippen MR) is 102 cm³/mol. The second-order valence-corrected chi connectivity index (χ2v) is 8.62. The molecule has 0 spiro atoms. The van der Waals surface area contributed by atoms with Crippen LogP contribution in [0.2, 0.25) is 5.02 Å². The van der Waals surface area contributed by atoms with Gasteiger partial charge in [-0.25, -0.2) is 8.42 Å². The fourth-order valence-electron chi connectivity index (χ4n) is 3.04. The summed E-state index contributed by atoms with van der Waals surface area (Å²) in [5.74, 6) is -0.00667. The fraction of sp³-hybridized carbons (Fsp3) is 0.333. The van der Waals surface area contributed by atoms with Crippen LogP contribution in [0.25, 0.3) is 0 Å². The second-order valence-electron chi connectivity index (χ2n) is 6.28. The fourth-order valence-corrected chi connectivity index (χ4v) is 4.86. The highest BCUT2D eigenvalue weighted by Crippen LogP contribution is 2.35. The van der Waals surface area contributed by atoms with Gasteiger partial charge in [0, 0.05) is 29.7 Å². The van der Waals surface area contributed by atoms with Crippen LogP contribution in [0.4, 0.5) is 5.69 Å². The number of nitro groups is 1. The lowest BCUT2D eigenvalue weighted by atomic mass is 10.1. The molecule has 27 heavy (non-hydrogen) atoms. The predicted octanol–water partition coefficient (Wildman–Crippen LogP) is 4.17. The first-order valence-corrected chi connectivity index (χ1v) is 10.3. The number of rotatable bonds is 6. The Morgan fingerprint density at radius 3 is 2.48 bits per heavy atom. The molecular weight excluding hydrogens is 392 g/mol. The normalized spacial score (nSPS) is 16.2. The Bertz CT molecular complexity index is 958. The zero-order valence-electron chi connectivity index (χ0n) is 14.7. The molecule has 0 saturated carbocycles. The topological polar surface area (TPSA) is 89.8 Å². The van der Waals surface area contributed by atoms with E-state index in [1.807, 2.05) is 0 Å². The van der Waals surface area contributed by atoms with Crippen LogP contribution in [0.5, 0.6) is 5.75 Å². The molecule has 2 aromatic carbocycles. The summed E-state index contributed by atoms with van der Waals surface area (Å²) in [6, 6.07) is 10.8. The molecule has 0 aromatic heterocycles. The molecule has 0 N–H and O–H groups in total. The van der Waals surface area contributed by atoms with E-state index in [1.54, 1.807) is 31.2 Å². The molecule has 1 aliphatic rings. The summed E-state index contributed by atoms with van der Waals surface area (Å²) >= 11 is 6.15. The van der Waals surface area contributed by atoms with E-state index in [2.05, 4.69) is 0 Å². The molecule has 2 aromatic rings. The van der Waals surface area contributed by atoms with E-state index in [9.17, 15) is 18.5 Å². The SMILES string of the molecule is C[C@@H](Oc1ccc(S(=O)(=O)N2CCCC2)cc1[N+](=O)[O-])c1ccccc1Cl. The number of benzene rings is 2. The first-order valence-electron chi connectivity index (χ1n) is 8.50. The van der Waals surface area contributed by atoms with Crippen LogP contribution in [0.3, 0.4) is 0 Å². The molecule has 144 valence electrons. The van der Waals surface area contributed by atoms with Crippen molar-refractivity contribution in [2.24, 2.45) is 0 Å². The third kappa shape index (κ3) is 4.07. The third-order valence-electron chi connectivity index (χ3n) is 4.48. The number of hydrogen-bond donors (Lipinski definition) is 0. The maximum Gasteiger partial charge on any atom is 0.312 e. The third-order valence-corrected chi connectivity index (χ3v) is 6.72. The first kappa shape index (κ1) is 19.6. The van der Waals surface area contributed by atoms with Crippen LogP contribution in [0.1, 0.15) is 31.4 Å². The molecule has 1 aliphatic heterocycles.